The Morgan fingerprint density at radius 3 is 2.83 bits per heavy atom. The van der Waals surface area contributed by atoms with Gasteiger partial charge in [-0.1, -0.05) is 17.9 Å². The predicted molar refractivity (Wildman–Crippen MR) is 71.7 cm³/mol. The summed E-state index contributed by atoms with van der Waals surface area (Å²) in [6, 6.07) is 5.90. The zero-order valence-electron chi connectivity index (χ0n) is 11.2. The number of hydrogen-bond donors (Lipinski definition) is 1. The number of rotatable bonds is 5. The van der Waals surface area contributed by atoms with Crippen LogP contribution < -0.4 is 4.74 Å². The fraction of sp³-hybridized carbons (Fsp3) is 0.467. The van der Waals surface area contributed by atoms with Crippen LogP contribution in [0.15, 0.2) is 18.2 Å². The van der Waals surface area contributed by atoms with E-state index in [4.69, 9.17) is 14.6 Å². The van der Waals surface area contributed by atoms with Gasteiger partial charge >= 0.3 is 0 Å². The molecule has 0 aliphatic carbocycles. The van der Waals surface area contributed by atoms with E-state index in [9.17, 15) is 0 Å². The molecule has 3 nitrogen and oxygen atoms in total. The molecule has 0 saturated carbocycles. The Labute approximate surface area is 109 Å². The van der Waals surface area contributed by atoms with Crippen LogP contribution >= 0.6 is 0 Å². The second-order valence-corrected chi connectivity index (χ2v) is 4.16. The Morgan fingerprint density at radius 2 is 2.17 bits per heavy atom. The first-order chi connectivity index (χ1) is 8.67. The van der Waals surface area contributed by atoms with Crippen molar-refractivity contribution in [2.24, 2.45) is 0 Å². The first-order valence-corrected chi connectivity index (χ1v) is 6.03. The van der Waals surface area contributed by atoms with Gasteiger partial charge in [-0.25, -0.2) is 0 Å². The lowest BCUT2D eigenvalue weighted by molar-refractivity contribution is 0.0919. The number of methoxy groups -OCH3 is 1. The molecular weight excluding hydrogens is 228 g/mol. The molecule has 1 aromatic rings. The number of aryl methyl sites for hydroxylation is 1. The lowest BCUT2D eigenvalue weighted by Crippen LogP contribution is -2.18. The third kappa shape index (κ3) is 4.79. The van der Waals surface area contributed by atoms with Gasteiger partial charge in [0.1, 0.15) is 11.9 Å². The fourth-order valence-electron chi connectivity index (χ4n) is 1.54. The summed E-state index contributed by atoms with van der Waals surface area (Å²) >= 11 is 0. The monoisotopic (exact) mass is 248 g/mol. The quantitative estimate of drug-likeness (QED) is 0.811. The third-order valence-electron chi connectivity index (χ3n) is 2.32. The molecule has 1 aromatic carbocycles. The molecule has 0 saturated heterocycles. The normalized spacial score (nSPS) is 11.6. The standard InChI is InChI=1S/C15H20O3/c1-12-7-8-15(18-13(2)11-17-3)14(10-12)6-4-5-9-16/h7-8,10,13,16H,5,9,11H2,1-3H3. The van der Waals surface area contributed by atoms with Gasteiger partial charge in [-0.3, -0.25) is 0 Å². The molecule has 0 amide bonds. The first-order valence-electron chi connectivity index (χ1n) is 6.03. The molecule has 18 heavy (non-hydrogen) atoms. The molecule has 3 heteroatoms. The van der Waals surface area contributed by atoms with Crippen molar-refractivity contribution in [1.29, 1.82) is 0 Å². The highest BCUT2D eigenvalue weighted by Crippen LogP contribution is 2.20. The molecule has 0 radical (unpaired) electrons. The van der Waals surface area contributed by atoms with Gasteiger partial charge in [-0.15, -0.1) is 0 Å². The molecule has 1 rings (SSSR count). The number of benzene rings is 1. The zero-order valence-corrected chi connectivity index (χ0v) is 11.2. The second-order valence-electron chi connectivity index (χ2n) is 4.16. The molecule has 1 atom stereocenters. The van der Waals surface area contributed by atoms with Crippen molar-refractivity contribution in [3.05, 3.63) is 29.3 Å². The van der Waals surface area contributed by atoms with E-state index in [2.05, 4.69) is 11.8 Å². The molecule has 0 heterocycles. The number of ether oxygens (including phenoxy) is 2. The molecule has 0 aliphatic rings. The minimum atomic E-state index is -0.0175. The maximum Gasteiger partial charge on any atom is 0.135 e. The van der Waals surface area contributed by atoms with Crippen molar-refractivity contribution in [1.82, 2.24) is 0 Å². The summed E-state index contributed by atoms with van der Waals surface area (Å²) < 4.78 is 10.8. The van der Waals surface area contributed by atoms with E-state index < -0.39 is 0 Å². The minimum Gasteiger partial charge on any atom is -0.487 e. The summed E-state index contributed by atoms with van der Waals surface area (Å²) in [5.41, 5.74) is 1.99. The van der Waals surface area contributed by atoms with E-state index in [1.165, 1.54) is 0 Å². The second kappa shape index (κ2) is 7.75. The van der Waals surface area contributed by atoms with Crippen molar-refractivity contribution in [2.75, 3.05) is 20.3 Å². The Hall–Kier alpha value is -1.50. The van der Waals surface area contributed by atoms with E-state index in [0.29, 0.717) is 13.0 Å². The Bertz CT molecular complexity index is 429. The molecule has 0 bridgehead atoms. The number of hydrogen-bond acceptors (Lipinski definition) is 3. The van der Waals surface area contributed by atoms with E-state index in [1.54, 1.807) is 7.11 Å². The van der Waals surface area contributed by atoms with Gasteiger partial charge < -0.3 is 14.6 Å². The van der Waals surface area contributed by atoms with E-state index in [0.717, 1.165) is 16.9 Å². The minimum absolute atomic E-state index is 0.0175. The van der Waals surface area contributed by atoms with E-state index in [-0.39, 0.29) is 12.7 Å². The average molecular weight is 248 g/mol. The van der Waals surface area contributed by atoms with Crippen molar-refractivity contribution in [3.63, 3.8) is 0 Å². The zero-order chi connectivity index (χ0) is 13.4. The highest BCUT2D eigenvalue weighted by Gasteiger charge is 2.07. The molecule has 1 unspecified atom stereocenters. The van der Waals surface area contributed by atoms with Gasteiger partial charge in [0.05, 0.1) is 18.8 Å². The predicted octanol–water partition coefficient (Wildman–Crippen LogP) is 2.14. The van der Waals surface area contributed by atoms with E-state index in [1.807, 2.05) is 32.0 Å². The SMILES string of the molecule is COCC(C)Oc1ccc(C)cc1C#CCCO. The van der Waals surface area contributed by atoms with Crippen LogP contribution in [0.4, 0.5) is 0 Å². The summed E-state index contributed by atoms with van der Waals surface area (Å²) in [6.07, 6.45) is 0.456. The summed E-state index contributed by atoms with van der Waals surface area (Å²) in [5.74, 6) is 6.70. The van der Waals surface area contributed by atoms with Crippen molar-refractivity contribution in [3.8, 4) is 17.6 Å². The van der Waals surface area contributed by atoms with Crippen LogP contribution in [0, 0.1) is 18.8 Å². The molecule has 0 aliphatic heterocycles. The topological polar surface area (TPSA) is 38.7 Å². The maximum absolute atomic E-state index is 8.73. The Morgan fingerprint density at radius 1 is 1.39 bits per heavy atom. The molecule has 0 spiro atoms. The first kappa shape index (κ1) is 14.6. The molecule has 0 fully saturated rings. The van der Waals surface area contributed by atoms with Gasteiger partial charge in [0.25, 0.3) is 0 Å². The maximum atomic E-state index is 8.73. The summed E-state index contributed by atoms with van der Waals surface area (Å²) in [6.45, 7) is 4.58. The van der Waals surface area contributed by atoms with Crippen LogP contribution in [0.2, 0.25) is 0 Å². The lowest BCUT2D eigenvalue weighted by Gasteiger charge is -2.15. The molecule has 1 N–H and O–H groups in total. The van der Waals surface area contributed by atoms with Crippen LogP contribution in [0.1, 0.15) is 24.5 Å². The summed E-state index contributed by atoms with van der Waals surface area (Å²) in [7, 11) is 1.65. The van der Waals surface area contributed by atoms with Crippen LogP contribution in [-0.2, 0) is 4.74 Å². The summed E-state index contributed by atoms with van der Waals surface area (Å²) in [4.78, 5) is 0. The van der Waals surface area contributed by atoms with Crippen LogP contribution in [0.5, 0.6) is 5.75 Å². The van der Waals surface area contributed by atoms with Crippen LogP contribution in [0.25, 0.3) is 0 Å². The van der Waals surface area contributed by atoms with Gasteiger partial charge in [-0.05, 0) is 31.5 Å². The van der Waals surface area contributed by atoms with Crippen molar-refractivity contribution < 1.29 is 14.6 Å². The molecular formula is C15H20O3. The van der Waals surface area contributed by atoms with Gasteiger partial charge in [0.15, 0.2) is 0 Å². The largest absolute Gasteiger partial charge is 0.487 e. The molecule has 0 aromatic heterocycles. The van der Waals surface area contributed by atoms with Crippen LogP contribution in [-0.4, -0.2) is 31.5 Å². The highest BCUT2D eigenvalue weighted by atomic mass is 16.5. The average Bonchev–Trinajstić information content (AvgIpc) is 2.33. The van der Waals surface area contributed by atoms with Gasteiger partial charge in [0, 0.05) is 13.5 Å². The van der Waals surface area contributed by atoms with Gasteiger partial charge in [0.2, 0.25) is 0 Å². The highest BCUT2D eigenvalue weighted by molar-refractivity contribution is 5.48. The Kier molecular flexibility index (Phi) is 6.27. The van der Waals surface area contributed by atoms with Crippen LogP contribution in [0.3, 0.4) is 0 Å². The fourth-order valence-corrected chi connectivity index (χ4v) is 1.54. The van der Waals surface area contributed by atoms with E-state index >= 15 is 0 Å². The Balaban J connectivity index is 2.86. The van der Waals surface area contributed by atoms with Crippen molar-refractivity contribution >= 4 is 0 Å². The number of aliphatic hydroxyl groups is 1. The van der Waals surface area contributed by atoms with Crippen molar-refractivity contribution in [2.45, 2.75) is 26.4 Å². The van der Waals surface area contributed by atoms with Gasteiger partial charge in [-0.2, -0.15) is 0 Å². The lowest BCUT2D eigenvalue weighted by atomic mass is 10.1. The smallest absolute Gasteiger partial charge is 0.135 e. The number of aliphatic hydroxyl groups excluding tert-OH is 1. The molecule has 98 valence electrons. The third-order valence-corrected chi connectivity index (χ3v) is 2.32. The summed E-state index contributed by atoms with van der Waals surface area (Å²) in [5, 5.41) is 8.73.